The van der Waals surface area contributed by atoms with Gasteiger partial charge in [-0.05, 0) is 51.0 Å². The van der Waals surface area contributed by atoms with E-state index in [0.717, 1.165) is 33.6 Å². The molecule has 1 aromatic carbocycles. The third-order valence-electron chi connectivity index (χ3n) is 5.95. The number of hydrogen-bond acceptors (Lipinski definition) is 7. The van der Waals surface area contributed by atoms with E-state index in [1.807, 2.05) is 25.1 Å². The molecule has 1 aliphatic heterocycles. The lowest BCUT2D eigenvalue weighted by Gasteiger charge is -2.30. The van der Waals surface area contributed by atoms with E-state index >= 15 is 0 Å². The summed E-state index contributed by atoms with van der Waals surface area (Å²) in [6.45, 7) is 6.10. The molecule has 3 heterocycles. The summed E-state index contributed by atoms with van der Waals surface area (Å²) in [5.41, 5.74) is 5.26. The molecule has 0 saturated heterocycles. The number of fused-ring (bicyclic) bond motifs is 3. The fourth-order valence-electron chi connectivity index (χ4n) is 4.69. The van der Waals surface area contributed by atoms with Gasteiger partial charge in [0.05, 0.1) is 33.6 Å². The van der Waals surface area contributed by atoms with Crippen molar-refractivity contribution in [3.8, 4) is 45.4 Å². The summed E-state index contributed by atoms with van der Waals surface area (Å²) >= 11 is 0. The second-order valence-electron chi connectivity index (χ2n) is 7.75. The smallest absolute Gasteiger partial charge is 0.493 e. The lowest BCUT2D eigenvalue weighted by Crippen LogP contribution is -2.19. The van der Waals surface area contributed by atoms with Gasteiger partial charge in [-0.3, -0.25) is 4.98 Å². The minimum absolute atomic E-state index is 0.0691. The molecule has 174 valence electrons. The second kappa shape index (κ2) is 9.05. The van der Waals surface area contributed by atoms with Crippen molar-refractivity contribution in [3.05, 3.63) is 41.9 Å². The van der Waals surface area contributed by atoms with Gasteiger partial charge in [0.25, 0.3) is 0 Å². The van der Waals surface area contributed by atoms with Crippen LogP contribution in [-0.2, 0) is 11.2 Å². The summed E-state index contributed by atoms with van der Waals surface area (Å²) in [6.07, 6.45) is 3.38. The first-order chi connectivity index (χ1) is 16.0. The third kappa shape index (κ3) is 3.65. The first-order valence-electron chi connectivity index (χ1n) is 10.8. The minimum Gasteiger partial charge on any atom is -0.493 e. The SMILES string of the molecule is CCOC(=O)Oc1c(-c2ccncc2)c(C)n2c1-c1cc(OC)c(OC)c(OC)c1CC2C. The molecule has 33 heavy (non-hydrogen) atoms. The molecule has 0 N–H and O–H groups in total. The zero-order valence-corrected chi connectivity index (χ0v) is 19.7. The normalized spacial score (nSPS) is 14.2. The summed E-state index contributed by atoms with van der Waals surface area (Å²) < 4.78 is 30.2. The Kier molecular flexibility index (Phi) is 6.18. The van der Waals surface area contributed by atoms with E-state index in [2.05, 4.69) is 16.5 Å². The molecule has 0 fully saturated rings. The van der Waals surface area contributed by atoms with Gasteiger partial charge in [0.2, 0.25) is 5.75 Å². The van der Waals surface area contributed by atoms with E-state index in [1.165, 1.54) is 0 Å². The Hall–Kier alpha value is -3.68. The van der Waals surface area contributed by atoms with Gasteiger partial charge < -0.3 is 28.3 Å². The predicted molar refractivity (Wildman–Crippen MR) is 124 cm³/mol. The second-order valence-corrected chi connectivity index (χ2v) is 7.75. The van der Waals surface area contributed by atoms with E-state index in [1.54, 1.807) is 40.6 Å². The topological polar surface area (TPSA) is 81.0 Å². The largest absolute Gasteiger partial charge is 0.513 e. The molecular weight excluding hydrogens is 424 g/mol. The molecule has 0 radical (unpaired) electrons. The van der Waals surface area contributed by atoms with Gasteiger partial charge in [0, 0.05) is 40.8 Å². The quantitative estimate of drug-likeness (QED) is 0.475. The summed E-state index contributed by atoms with van der Waals surface area (Å²) in [5.74, 6) is 2.10. The van der Waals surface area contributed by atoms with Gasteiger partial charge in [0.15, 0.2) is 17.2 Å². The fraction of sp³-hybridized carbons (Fsp3) is 0.360. The summed E-state index contributed by atoms with van der Waals surface area (Å²) in [7, 11) is 4.78. The van der Waals surface area contributed by atoms with E-state index in [0.29, 0.717) is 29.4 Å². The van der Waals surface area contributed by atoms with Crippen molar-refractivity contribution in [2.45, 2.75) is 33.2 Å². The number of nitrogens with zero attached hydrogens (tertiary/aromatic N) is 2. The van der Waals surface area contributed by atoms with Crippen LogP contribution in [0.5, 0.6) is 23.0 Å². The minimum atomic E-state index is -0.756. The summed E-state index contributed by atoms with van der Waals surface area (Å²) in [5, 5.41) is 0. The average molecular weight is 453 g/mol. The monoisotopic (exact) mass is 452 g/mol. The van der Waals surface area contributed by atoms with Crippen molar-refractivity contribution < 1.29 is 28.5 Å². The molecule has 0 spiro atoms. The molecule has 8 heteroatoms. The van der Waals surface area contributed by atoms with Crippen LogP contribution in [0.2, 0.25) is 0 Å². The van der Waals surface area contributed by atoms with E-state index in [9.17, 15) is 4.79 Å². The molecule has 0 saturated carbocycles. The van der Waals surface area contributed by atoms with Crippen LogP contribution in [-0.4, -0.2) is 43.6 Å². The first-order valence-corrected chi connectivity index (χ1v) is 10.8. The Bertz CT molecular complexity index is 1190. The Balaban J connectivity index is 2.08. The molecule has 1 aliphatic rings. The molecule has 1 unspecified atom stereocenters. The number of carbonyl (C=O) groups excluding carboxylic acids is 1. The van der Waals surface area contributed by atoms with Gasteiger partial charge >= 0.3 is 6.16 Å². The zero-order chi connectivity index (χ0) is 23.7. The molecule has 0 amide bonds. The number of methoxy groups -OCH3 is 3. The van der Waals surface area contributed by atoms with Crippen molar-refractivity contribution in [2.24, 2.45) is 0 Å². The van der Waals surface area contributed by atoms with Gasteiger partial charge in [-0.15, -0.1) is 0 Å². The molecule has 0 bridgehead atoms. The Morgan fingerprint density at radius 2 is 1.79 bits per heavy atom. The van der Waals surface area contributed by atoms with Crippen LogP contribution < -0.4 is 18.9 Å². The molecule has 4 rings (SSSR count). The van der Waals surface area contributed by atoms with Crippen LogP contribution in [0.3, 0.4) is 0 Å². The van der Waals surface area contributed by atoms with Crippen LogP contribution >= 0.6 is 0 Å². The number of pyridine rings is 1. The highest BCUT2D eigenvalue weighted by Crippen LogP contribution is 2.54. The van der Waals surface area contributed by atoms with E-state index in [-0.39, 0.29) is 12.6 Å². The fourth-order valence-corrected chi connectivity index (χ4v) is 4.69. The highest BCUT2D eigenvalue weighted by Gasteiger charge is 2.36. The van der Waals surface area contributed by atoms with Crippen molar-refractivity contribution in [1.82, 2.24) is 9.55 Å². The Morgan fingerprint density at radius 3 is 2.39 bits per heavy atom. The van der Waals surface area contributed by atoms with Crippen molar-refractivity contribution in [1.29, 1.82) is 0 Å². The zero-order valence-electron chi connectivity index (χ0n) is 19.7. The highest BCUT2D eigenvalue weighted by molar-refractivity contribution is 5.90. The molecule has 1 atom stereocenters. The molecule has 8 nitrogen and oxygen atoms in total. The van der Waals surface area contributed by atoms with Gasteiger partial charge in [-0.2, -0.15) is 0 Å². The van der Waals surface area contributed by atoms with Gasteiger partial charge in [-0.1, -0.05) is 0 Å². The summed E-state index contributed by atoms with van der Waals surface area (Å²) in [4.78, 5) is 16.6. The Morgan fingerprint density at radius 1 is 1.09 bits per heavy atom. The Labute approximate surface area is 193 Å². The first kappa shape index (κ1) is 22.5. The maximum absolute atomic E-state index is 12.5. The number of aromatic nitrogens is 2. The number of hydrogen-bond donors (Lipinski definition) is 0. The van der Waals surface area contributed by atoms with E-state index in [4.69, 9.17) is 23.7 Å². The van der Waals surface area contributed by atoms with Crippen molar-refractivity contribution in [3.63, 3.8) is 0 Å². The van der Waals surface area contributed by atoms with Gasteiger partial charge in [-0.25, -0.2) is 4.79 Å². The average Bonchev–Trinajstić information content (AvgIpc) is 3.11. The molecule has 3 aromatic rings. The molecular formula is C25H28N2O6. The maximum Gasteiger partial charge on any atom is 0.513 e. The molecule has 2 aromatic heterocycles. The lowest BCUT2D eigenvalue weighted by molar-refractivity contribution is 0.104. The number of ether oxygens (including phenoxy) is 5. The predicted octanol–water partition coefficient (Wildman–Crippen LogP) is 5.20. The van der Waals surface area contributed by atoms with Crippen LogP contribution in [0.4, 0.5) is 4.79 Å². The maximum atomic E-state index is 12.5. The van der Waals surface area contributed by atoms with Crippen LogP contribution in [0.15, 0.2) is 30.6 Å². The van der Waals surface area contributed by atoms with Crippen LogP contribution in [0.1, 0.15) is 31.1 Å². The lowest BCUT2D eigenvalue weighted by atomic mass is 9.92. The van der Waals surface area contributed by atoms with Crippen LogP contribution in [0.25, 0.3) is 22.4 Å². The summed E-state index contributed by atoms with van der Waals surface area (Å²) in [6, 6.07) is 5.77. The van der Waals surface area contributed by atoms with Crippen molar-refractivity contribution in [2.75, 3.05) is 27.9 Å². The third-order valence-corrected chi connectivity index (χ3v) is 5.95. The molecule has 0 aliphatic carbocycles. The number of benzene rings is 1. The van der Waals surface area contributed by atoms with Crippen molar-refractivity contribution >= 4 is 6.16 Å². The number of carbonyl (C=O) groups is 1. The van der Waals surface area contributed by atoms with E-state index < -0.39 is 6.16 Å². The van der Waals surface area contributed by atoms with Crippen LogP contribution in [0, 0.1) is 6.92 Å². The number of rotatable bonds is 6. The highest BCUT2D eigenvalue weighted by atomic mass is 16.7. The standard InChI is InChI=1S/C25H28N2O6/c1-7-32-25(28)33-24-20(16-8-10-26-11-9-16)15(3)27-14(2)12-18-17(21(24)27)13-19(29-4)23(31-6)22(18)30-5/h8-11,13-14H,7,12H2,1-6H3. The van der Waals surface area contributed by atoms with Gasteiger partial charge in [0.1, 0.15) is 0 Å².